The van der Waals surface area contributed by atoms with Crippen molar-refractivity contribution < 1.29 is 13.2 Å². The van der Waals surface area contributed by atoms with Crippen LogP contribution < -0.4 is 10.1 Å². The van der Waals surface area contributed by atoms with Gasteiger partial charge in [0, 0.05) is 25.7 Å². The molecule has 0 aromatic heterocycles. The van der Waals surface area contributed by atoms with Crippen LogP contribution in [0.3, 0.4) is 0 Å². The molecule has 1 fully saturated rings. The van der Waals surface area contributed by atoms with Gasteiger partial charge >= 0.3 is 0 Å². The highest BCUT2D eigenvalue weighted by atomic mass is 32.2. The maximum Gasteiger partial charge on any atom is 0.218 e. The molecule has 0 spiro atoms. The van der Waals surface area contributed by atoms with E-state index in [1.54, 1.807) is 14.2 Å². The van der Waals surface area contributed by atoms with Crippen LogP contribution in [0.4, 0.5) is 0 Å². The molecule has 1 aliphatic heterocycles. The lowest BCUT2D eigenvalue weighted by molar-refractivity contribution is 0.397. The molecule has 19 heavy (non-hydrogen) atoms. The van der Waals surface area contributed by atoms with Crippen LogP contribution in [0.5, 0.6) is 5.75 Å². The van der Waals surface area contributed by atoms with Crippen molar-refractivity contribution in [1.29, 1.82) is 0 Å². The monoisotopic (exact) mass is 284 g/mol. The molecule has 1 aromatic carbocycles. The van der Waals surface area contributed by atoms with Gasteiger partial charge in [-0.1, -0.05) is 18.2 Å². The third-order valence-corrected chi connectivity index (χ3v) is 5.70. The second-order valence-corrected chi connectivity index (χ2v) is 7.05. The Morgan fingerprint density at radius 1 is 1.42 bits per heavy atom. The van der Waals surface area contributed by atoms with Crippen LogP contribution in [0.15, 0.2) is 24.3 Å². The average Bonchev–Trinajstić information content (AvgIpc) is 2.93. The standard InChI is InChI=1S/C13H20N2O3S/c1-15(19(16,17)12-7-8-14-9-12)10-11-5-3-4-6-13(11)18-2/h3-6,12,14H,7-10H2,1-2H3. The third kappa shape index (κ3) is 3.08. The van der Waals surface area contributed by atoms with Crippen LogP contribution >= 0.6 is 0 Å². The van der Waals surface area contributed by atoms with E-state index in [9.17, 15) is 8.42 Å². The first-order chi connectivity index (χ1) is 9.05. The highest BCUT2D eigenvalue weighted by Crippen LogP contribution is 2.22. The van der Waals surface area contributed by atoms with Crippen molar-refractivity contribution >= 4 is 10.0 Å². The van der Waals surface area contributed by atoms with Gasteiger partial charge in [-0.15, -0.1) is 0 Å². The smallest absolute Gasteiger partial charge is 0.218 e. The molecule has 1 unspecified atom stereocenters. The molecule has 1 atom stereocenters. The topological polar surface area (TPSA) is 58.6 Å². The van der Waals surface area contributed by atoms with Gasteiger partial charge in [0.05, 0.1) is 12.4 Å². The second-order valence-electron chi connectivity index (χ2n) is 4.73. The molecule has 106 valence electrons. The number of hydrogen-bond acceptors (Lipinski definition) is 4. The van der Waals surface area contributed by atoms with Crippen LogP contribution in [0.1, 0.15) is 12.0 Å². The van der Waals surface area contributed by atoms with Crippen molar-refractivity contribution in [2.45, 2.75) is 18.2 Å². The summed E-state index contributed by atoms with van der Waals surface area (Å²) in [4.78, 5) is 0. The summed E-state index contributed by atoms with van der Waals surface area (Å²) in [7, 11) is -0.0300. The Bertz CT molecular complexity index is 524. The quantitative estimate of drug-likeness (QED) is 0.869. The fourth-order valence-corrected chi connectivity index (χ4v) is 3.87. The fraction of sp³-hybridized carbons (Fsp3) is 0.538. The van der Waals surface area contributed by atoms with Crippen LogP contribution in [-0.4, -0.2) is 45.2 Å². The zero-order valence-corrected chi connectivity index (χ0v) is 12.1. The highest BCUT2D eigenvalue weighted by molar-refractivity contribution is 7.89. The van der Waals surface area contributed by atoms with Crippen molar-refractivity contribution in [3.63, 3.8) is 0 Å². The van der Waals surface area contributed by atoms with Gasteiger partial charge in [-0.05, 0) is 19.0 Å². The maximum atomic E-state index is 12.4. The number of nitrogens with one attached hydrogen (secondary N) is 1. The van der Waals surface area contributed by atoms with Gasteiger partial charge in [-0.3, -0.25) is 0 Å². The van der Waals surface area contributed by atoms with E-state index in [1.165, 1.54) is 4.31 Å². The van der Waals surface area contributed by atoms with E-state index in [0.717, 1.165) is 12.1 Å². The van der Waals surface area contributed by atoms with Gasteiger partial charge in [-0.25, -0.2) is 12.7 Å². The van der Waals surface area contributed by atoms with Gasteiger partial charge in [0.25, 0.3) is 0 Å². The molecule has 1 N–H and O–H groups in total. The Balaban J connectivity index is 2.14. The van der Waals surface area contributed by atoms with E-state index in [2.05, 4.69) is 5.32 Å². The highest BCUT2D eigenvalue weighted by Gasteiger charge is 2.32. The summed E-state index contributed by atoms with van der Waals surface area (Å²) < 4.78 is 31.4. The number of para-hydroxylation sites is 1. The summed E-state index contributed by atoms with van der Waals surface area (Å²) in [5, 5.41) is 2.78. The lowest BCUT2D eigenvalue weighted by atomic mass is 10.2. The zero-order chi connectivity index (χ0) is 13.9. The normalized spacial score (nSPS) is 19.8. The Labute approximate surface area is 114 Å². The molecule has 5 nitrogen and oxygen atoms in total. The van der Waals surface area contributed by atoms with Gasteiger partial charge in [-0.2, -0.15) is 0 Å². The molecule has 0 bridgehead atoms. The van der Waals surface area contributed by atoms with E-state index >= 15 is 0 Å². The SMILES string of the molecule is COc1ccccc1CN(C)S(=O)(=O)C1CCNC1. The third-order valence-electron chi connectivity index (χ3n) is 3.46. The molecule has 1 heterocycles. The molecule has 6 heteroatoms. The molecule has 0 aliphatic carbocycles. The maximum absolute atomic E-state index is 12.4. The minimum atomic E-state index is -3.25. The summed E-state index contributed by atoms with van der Waals surface area (Å²) in [6.07, 6.45) is 0.679. The Morgan fingerprint density at radius 3 is 2.79 bits per heavy atom. The average molecular weight is 284 g/mol. The van der Waals surface area contributed by atoms with Crippen LogP contribution in [0.25, 0.3) is 0 Å². The molecule has 1 saturated heterocycles. The molecule has 1 aromatic rings. The number of rotatable bonds is 5. The molecular weight excluding hydrogens is 264 g/mol. The lowest BCUT2D eigenvalue weighted by Gasteiger charge is -2.22. The van der Waals surface area contributed by atoms with Crippen LogP contribution in [0.2, 0.25) is 0 Å². The Morgan fingerprint density at radius 2 is 2.16 bits per heavy atom. The predicted molar refractivity (Wildman–Crippen MR) is 74.7 cm³/mol. The van der Waals surface area contributed by atoms with E-state index in [1.807, 2.05) is 24.3 Å². The van der Waals surface area contributed by atoms with Crippen molar-refractivity contribution in [1.82, 2.24) is 9.62 Å². The first-order valence-electron chi connectivity index (χ1n) is 6.33. The minimum Gasteiger partial charge on any atom is -0.496 e. The zero-order valence-electron chi connectivity index (χ0n) is 11.3. The number of benzene rings is 1. The molecule has 0 radical (unpaired) electrons. The van der Waals surface area contributed by atoms with E-state index in [-0.39, 0.29) is 5.25 Å². The number of sulfonamides is 1. The molecule has 0 saturated carbocycles. The van der Waals surface area contributed by atoms with Crippen LogP contribution in [0, 0.1) is 0 Å². The molecule has 2 rings (SSSR count). The van der Waals surface area contributed by atoms with Gasteiger partial charge in [0.15, 0.2) is 0 Å². The van der Waals surface area contributed by atoms with Gasteiger partial charge in [0.1, 0.15) is 5.75 Å². The summed E-state index contributed by atoms with van der Waals surface area (Å²) in [5.41, 5.74) is 0.877. The first kappa shape index (κ1) is 14.3. The van der Waals surface area contributed by atoms with Gasteiger partial charge < -0.3 is 10.1 Å². The van der Waals surface area contributed by atoms with E-state index in [0.29, 0.717) is 25.3 Å². The van der Waals surface area contributed by atoms with E-state index < -0.39 is 10.0 Å². The molecule has 1 aliphatic rings. The minimum absolute atomic E-state index is 0.313. The van der Waals surface area contributed by atoms with E-state index in [4.69, 9.17) is 4.74 Å². The molecular formula is C13H20N2O3S. The lowest BCUT2D eigenvalue weighted by Crippen LogP contribution is -2.36. The molecule has 0 amide bonds. The van der Waals surface area contributed by atoms with Crippen molar-refractivity contribution in [2.75, 3.05) is 27.2 Å². The van der Waals surface area contributed by atoms with Crippen LogP contribution in [-0.2, 0) is 16.6 Å². The first-order valence-corrected chi connectivity index (χ1v) is 7.84. The Hall–Kier alpha value is -1.11. The number of hydrogen-bond donors (Lipinski definition) is 1. The van der Waals surface area contributed by atoms with Crippen molar-refractivity contribution in [3.05, 3.63) is 29.8 Å². The number of methoxy groups -OCH3 is 1. The largest absolute Gasteiger partial charge is 0.496 e. The number of ether oxygens (including phenoxy) is 1. The summed E-state index contributed by atoms with van der Waals surface area (Å²) >= 11 is 0. The predicted octanol–water partition coefficient (Wildman–Crippen LogP) is 0.819. The fourth-order valence-electron chi connectivity index (χ4n) is 2.30. The summed E-state index contributed by atoms with van der Waals surface area (Å²) in [6, 6.07) is 7.48. The summed E-state index contributed by atoms with van der Waals surface area (Å²) in [6.45, 7) is 1.65. The van der Waals surface area contributed by atoms with Crippen molar-refractivity contribution in [2.24, 2.45) is 0 Å². The second kappa shape index (κ2) is 5.90. The number of nitrogens with zero attached hydrogens (tertiary/aromatic N) is 1. The van der Waals surface area contributed by atoms with Gasteiger partial charge in [0.2, 0.25) is 10.0 Å². The Kier molecular flexibility index (Phi) is 4.44. The van der Waals surface area contributed by atoms with Crippen molar-refractivity contribution in [3.8, 4) is 5.75 Å². The summed E-state index contributed by atoms with van der Waals surface area (Å²) in [5.74, 6) is 0.717.